The van der Waals surface area contributed by atoms with Gasteiger partial charge in [0.25, 0.3) is 0 Å². The van der Waals surface area contributed by atoms with Gasteiger partial charge in [0.05, 0.1) is 0 Å². The van der Waals surface area contributed by atoms with E-state index in [1.165, 1.54) is 0 Å². The topological polar surface area (TPSA) is 26.0 Å². The molecule has 0 aliphatic carbocycles. The Hall–Kier alpha value is -1.57. The Kier molecular flexibility index (Phi) is 3.32. The van der Waals surface area contributed by atoms with Crippen molar-refractivity contribution in [3.05, 3.63) is 42.2 Å². The van der Waals surface area contributed by atoms with Gasteiger partial charge in [-0.15, -0.1) is 0 Å². The van der Waals surface area contributed by atoms with Crippen LogP contribution in [0.25, 0.3) is 11.3 Å². The summed E-state index contributed by atoms with van der Waals surface area (Å²) in [5.74, 6) is 0.968. The van der Waals surface area contributed by atoms with Crippen LogP contribution < -0.4 is 0 Å². The van der Waals surface area contributed by atoms with E-state index in [0.29, 0.717) is 0 Å². The molecule has 0 saturated carbocycles. The van der Waals surface area contributed by atoms with Crippen molar-refractivity contribution >= 4 is 0 Å². The van der Waals surface area contributed by atoms with Gasteiger partial charge in [-0.2, -0.15) is 0 Å². The second-order valence-corrected chi connectivity index (χ2v) is 5.24. The summed E-state index contributed by atoms with van der Waals surface area (Å²) in [7, 11) is 0. The molecule has 2 aromatic rings. The second-order valence-electron chi connectivity index (χ2n) is 5.24. The number of nitrogens with zero attached hydrogens (tertiary/aromatic N) is 1. The molecular formula is C15H19NO. The van der Waals surface area contributed by atoms with Crippen molar-refractivity contribution < 1.29 is 4.52 Å². The number of hydrogen-bond acceptors (Lipinski definition) is 2. The van der Waals surface area contributed by atoms with Gasteiger partial charge < -0.3 is 4.52 Å². The van der Waals surface area contributed by atoms with Crippen molar-refractivity contribution in [3.8, 4) is 11.3 Å². The minimum Gasteiger partial charge on any atom is -0.361 e. The van der Waals surface area contributed by atoms with Gasteiger partial charge in [0.2, 0.25) is 0 Å². The van der Waals surface area contributed by atoms with Crippen molar-refractivity contribution in [1.82, 2.24) is 5.16 Å². The van der Waals surface area contributed by atoms with E-state index < -0.39 is 0 Å². The number of aromatic nitrogens is 1. The van der Waals surface area contributed by atoms with Crippen LogP contribution >= 0.6 is 0 Å². The summed E-state index contributed by atoms with van der Waals surface area (Å²) >= 11 is 0. The lowest BCUT2D eigenvalue weighted by Gasteiger charge is -2.19. The van der Waals surface area contributed by atoms with Crippen molar-refractivity contribution in [2.45, 2.75) is 33.6 Å². The summed E-state index contributed by atoms with van der Waals surface area (Å²) in [5, 5.41) is 4.13. The largest absolute Gasteiger partial charge is 0.361 e. The first-order valence-electron chi connectivity index (χ1n) is 6.12. The van der Waals surface area contributed by atoms with Gasteiger partial charge in [-0.3, -0.25) is 0 Å². The number of hydrogen-bond donors (Lipinski definition) is 0. The first kappa shape index (κ1) is 11.9. The zero-order chi connectivity index (χ0) is 12.3. The van der Waals surface area contributed by atoms with Crippen LogP contribution in [0.1, 0.15) is 33.0 Å². The summed E-state index contributed by atoms with van der Waals surface area (Å²) < 4.78 is 5.41. The van der Waals surface area contributed by atoms with Gasteiger partial charge in [-0.1, -0.05) is 62.7 Å². The van der Waals surface area contributed by atoms with E-state index in [9.17, 15) is 0 Å². The van der Waals surface area contributed by atoms with Crippen LogP contribution in [0, 0.1) is 5.41 Å². The molecule has 1 aromatic heterocycles. The Morgan fingerprint density at radius 1 is 1.18 bits per heavy atom. The molecule has 1 heterocycles. The molecular weight excluding hydrogens is 210 g/mol. The summed E-state index contributed by atoms with van der Waals surface area (Å²) in [5.41, 5.74) is 2.30. The minimum atomic E-state index is 0.271. The zero-order valence-corrected chi connectivity index (χ0v) is 10.7. The van der Waals surface area contributed by atoms with Crippen LogP contribution in [-0.4, -0.2) is 5.16 Å². The Balaban J connectivity index is 2.17. The first-order chi connectivity index (χ1) is 8.11. The molecule has 0 radical (unpaired) electrons. The molecule has 0 aliphatic rings. The van der Waals surface area contributed by atoms with Crippen molar-refractivity contribution in [2.75, 3.05) is 0 Å². The van der Waals surface area contributed by atoms with E-state index in [1.807, 2.05) is 36.4 Å². The molecule has 2 heteroatoms. The Labute approximate surface area is 103 Å². The molecule has 90 valence electrons. The summed E-state index contributed by atoms with van der Waals surface area (Å²) in [4.78, 5) is 0. The summed E-state index contributed by atoms with van der Waals surface area (Å²) in [6.07, 6.45) is 2.07. The molecule has 0 N–H and O–H groups in total. The zero-order valence-electron chi connectivity index (χ0n) is 10.7. The van der Waals surface area contributed by atoms with Gasteiger partial charge in [0.15, 0.2) is 0 Å². The number of rotatable bonds is 4. The third-order valence-electron chi connectivity index (χ3n) is 3.24. The van der Waals surface area contributed by atoms with Crippen LogP contribution in [0.2, 0.25) is 0 Å². The third-order valence-corrected chi connectivity index (χ3v) is 3.24. The third kappa shape index (κ3) is 2.96. The molecule has 0 atom stereocenters. The van der Waals surface area contributed by atoms with E-state index in [2.05, 4.69) is 25.9 Å². The molecule has 2 rings (SSSR count). The molecule has 0 bridgehead atoms. The van der Waals surface area contributed by atoms with Gasteiger partial charge in [-0.25, -0.2) is 0 Å². The average Bonchev–Trinajstić information content (AvgIpc) is 2.78. The van der Waals surface area contributed by atoms with Crippen molar-refractivity contribution in [2.24, 2.45) is 5.41 Å². The lowest BCUT2D eigenvalue weighted by atomic mass is 9.85. The van der Waals surface area contributed by atoms with E-state index in [-0.39, 0.29) is 5.41 Å². The van der Waals surface area contributed by atoms with E-state index in [4.69, 9.17) is 4.52 Å². The lowest BCUT2D eigenvalue weighted by molar-refractivity contribution is 0.292. The van der Waals surface area contributed by atoms with Gasteiger partial charge in [0.1, 0.15) is 11.5 Å². The molecule has 0 saturated heterocycles. The molecule has 0 fully saturated rings. The SMILES string of the molecule is CCC(C)(C)Cc1cc(-c2ccccc2)no1. The fourth-order valence-electron chi connectivity index (χ4n) is 1.74. The fourth-order valence-corrected chi connectivity index (χ4v) is 1.74. The maximum absolute atomic E-state index is 5.41. The molecule has 0 unspecified atom stereocenters. The highest BCUT2D eigenvalue weighted by Crippen LogP contribution is 2.27. The molecule has 17 heavy (non-hydrogen) atoms. The Morgan fingerprint density at radius 3 is 2.53 bits per heavy atom. The highest BCUT2D eigenvalue weighted by molar-refractivity contribution is 5.58. The van der Waals surface area contributed by atoms with Crippen LogP contribution in [0.5, 0.6) is 0 Å². The summed E-state index contributed by atoms with van der Waals surface area (Å²) in [6, 6.07) is 12.2. The quantitative estimate of drug-likeness (QED) is 0.780. The van der Waals surface area contributed by atoms with Crippen LogP contribution in [0.4, 0.5) is 0 Å². The van der Waals surface area contributed by atoms with Gasteiger partial charge in [-0.05, 0) is 5.41 Å². The van der Waals surface area contributed by atoms with Crippen molar-refractivity contribution in [1.29, 1.82) is 0 Å². The molecule has 1 aromatic carbocycles. The second kappa shape index (κ2) is 4.74. The minimum absolute atomic E-state index is 0.271. The van der Waals surface area contributed by atoms with Crippen LogP contribution in [0.15, 0.2) is 40.9 Å². The highest BCUT2D eigenvalue weighted by atomic mass is 16.5. The number of benzene rings is 1. The monoisotopic (exact) mass is 229 g/mol. The molecule has 0 aliphatic heterocycles. The van der Waals surface area contributed by atoms with E-state index in [1.54, 1.807) is 0 Å². The van der Waals surface area contributed by atoms with Gasteiger partial charge in [0, 0.05) is 18.1 Å². The van der Waals surface area contributed by atoms with Crippen molar-refractivity contribution in [3.63, 3.8) is 0 Å². The average molecular weight is 229 g/mol. The van der Waals surface area contributed by atoms with Crippen LogP contribution in [-0.2, 0) is 6.42 Å². The normalized spacial score (nSPS) is 11.7. The van der Waals surface area contributed by atoms with E-state index >= 15 is 0 Å². The Morgan fingerprint density at radius 2 is 1.88 bits per heavy atom. The molecule has 2 nitrogen and oxygen atoms in total. The fraction of sp³-hybridized carbons (Fsp3) is 0.400. The first-order valence-corrected chi connectivity index (χ1v) is 6.12. The molecule has 0 amide bonds. The highest BCUT2D eigenvalue weighted by Gasteiger charge is 2.19. The predicted octanol–water partition coefficient (Wildman–Crippen LogP) is 4.32. The standard InChI is InChI=1S/C15H19NO/c1-4-15(2,3)11-13-10-14(16-17-13)12-8-6-5-7-9-12/h5-10H,4,11H2,1-3H3. The summed E-state index contributed by atoms with van der Waals surface area (Å²) in [6.45, 7) is 6.70. The van der Waals surface area contributed by atoms with Gasteiger partial charge >= 0.3 is 0 Å². The molecule has 0 spiro atoms. The smallest absolute Gasteiger partial charge is 0.137 e. The predicted molar refractivity (Wildman–Crippen MR) is 69.7 cm³/mol. The Bertz CT molecular complexity index is 471. The lowest BCUT2D eigenvalue weighted by Crippen LogP contribution is -2.12. The van der Waals surface area contributed by atoms with E-state index in [0.717, 1.165) is 29.9 Å². The maximum atomic E-state index is 5.41. The maximum Gasteiger partial charge on any atom is 0.137 e. The van der Waals surface area contributed by atoms with Crippen LogP contribution in [0.3, 0.4) is 0 Å².